The van der Waals surface area contributed by atoms with E-state index in [9.17, 15) is 13.7 Å². The molecule has 1 saturated heterocycles. The normalized spacial score (nSPS) is 16.4. The second-order valence-electron chi connectivity index (χ2n) is 6.34. The second kappa shape index (κ2) is 7.79. The molecule has 1 heterocycles. The van der Waals surface area contributed by atoms with E-state index in [1.165, 1.54) is 4.90 Å². The van der Waals surface area contributed by atoms with Crippen molar-refractivity contribution in [3.05, 3.63) is 71.3 Å². The fourth-order valence-electron chi connectivity index (χ4n) is 3.19. The lowest BCUT2D eigenvalue weighted by molar-refractivity contribution is -0.917. The number of quaternary nitrogens is 1. The van der Waals surface area contributed by atoms with Crippen LogP contribution in [0.1, 0.15) is 16.7 Å². The monoisotopic (exact) mass is 356 g/mol. The first-order valence-corrected chi connectivity index (χ1v) is 10.0. The van der Waals surface area contributed by atoms with E-state index in [-0.39, 0.29) is 5.75 Å². The van der Waals surface area contributed by atoms with Gasteiger partial charge in [-0.25, -0.2) is 8.42 Å². The third-order valence-corrected chi connectivity index (χ3v) is 6.44. The second-order valence-corrected chi connectivity index (χ2v) is 8.31. The highest BCUT2D eigenvalue weighted by molar-refractivity contribution is 7.88. The Morgan fingerprint density at radius 1 is 1.00 bits per heavy atom. The number of nitriles is 1. The molecule has 0 saturated carbocycles. The van der Waals surface area contributed by atoms with Gasteiger partial charge in [-0.1, -0.05) is 48.5 Å². The SMILES string of the molecule is N#Cc1ccccc1C[NH+]1CCN(S(=O)(=O)Cc2ccccc2)CC1. The van der Waals surface area contributed by atoms with Gasteiger partial charge < -0.3 is 4.90 Å². The maximum atomic E-state index is 12.6. The van der Waals surface area contributed by atoms with Crippen molar-refractivity contribution in [3.63, 3.8) is 0 Å². The molecule has 1 aliphatic heterocycles. The van der Waals surface area contributed by atoms with Gasteiger partial charge in [0.05, 0.1) is 43.6 Å². The van der Waals surface area contributed by atoms with Gasteiger partial charge in [0.1, 0.15) is 6.54 Å². The predicted molar refractivity (Wildman–Crippen MR) is 96.2 cm³/mol. The van der Waals surface area contributed by atoms with Crippen molar-refractivity contribution >= 4 is 10.0 Å². The molecule has 3 rings (SSSR count). The molecule has 0 unspecified atom stereocenters. The van der Waals surface area contributed by atoms with E-state index in [0.717, 1.165) is 30.8 Å². The Morgan fingerprint density at radius 3 is 2.32 bits per heavy atom. The number of sulfonamides is 1. The number of hydrogen-bond donors (Lipinski definition) is 1. The van der Waals surface area contributed by atoms with Crippen LogP contribution in [0.5, 0.6) is 0 Å². The standard InChI is InChI=1S/C19H21N3O2S/c20-14-18-8-4-5-9-19(18)15-21-10-12-22(13-11-21)25(23,24)16-17-6-2-1-3-7-17/h1-9H,10-13,15-16H2/p+1. The minimum absolute atomic E-state index is 0.0560. The smallest absolute Gasteiger partial charge is 0.218 e. The summed E-state index contributed by atoms with van der Waals surface area (Å²) >= 11 is 0. The first-order chi connectivity index (χ1) is 12.1. The molecule has 0 radical (unpaired) electrons. The number of rotatable bonds is 5. The zero-order chi connectivity index (χ0) is 17.7. The molecule has 6 heteroatoms. The molecule has 130 valence electrons. The van der Waals surface area contributed by atoms with Crippen LogP contribution in [0.15, 0.2) is 54.6 Å². The largest absolute Gasteiger partial charge is 0.329 e. The molecule has 0 atom stereocenters. The molecule has 5 nitrogen and oxygen atoms in total. The fraction of sp³-hybridized carbons (Fsp3) is 0.316. The molecule has 1 fully saturated rings. The lowest BCUT2D eigenvalue weighted by Crippen LogP contribution is -3.13. The van der Waals surface area contributed by atoms with Gasteiger partial charge in [-0.05, 0) is 11.6 Å². The van der Waals surface area contributed by atoms with Crippen LogP contribution in [0.4, 0.5) is 0 Å². The highest BCUT2D eigenvalue weighted by Gasteiger charge is 2.29. The quantitative estimate of drug-likeness (QED) is 0.861. The average molecular weight is 356 g/mol. The van der Waals surface area contributed by atoms with Gasteiger partial charge in [0.15, 0.2) is 0 Å². The van der Waals surface area contributed by atoms with Crippen molar-refractivity contribution in [2.24, 2.45) is 0 Å². The molecule has 25 heavy (non-hydrogen) atoms. The molecular formula is C19H22N3O2S+. The lowest BCUT2D eigenvalue weighted by atomic mass is 10.1. The molecule has 0 aromatic heterocycles. The van der Waals surface area contributed by atoms with Gasteiger partial charge in [0.25, 0.3) is 0 Å². The van der Waals surface area contributed by atoms with Gasteiger partial charge in [-0.15, -0.1) is 0 Å². The third-order valence-electron chi connectivity index (χ3n) is 4.59. The minimum Gasteiger partial charge on any atom is -0.329 e. The molecule has 2 aromatic rings. The van der Waals surface area contributed by atoms with Gasteiger partial charge in [0.2, 0.25) is 10.0 Å². The van der Waals surface area contributed by atoms with E-state index >= 15 is 0 Å². The van der Waals surface area contributed by atoms with Crippen molar-refractivity contribution in [1.82, 2.24) is 4.31 Å². The Bertz CT molecular complexity index is 852. The molecule has 0 amide bonds. The van der Waals surface area contributed by atoms with Crippen LogP contribution in [0.3, 0.4) is 0 Å². The summed E-state index contributed by atoms with van der Waals surface area (Å²) in [6, 6.07) is 19.1. The van der Waals surface area contributed by atoms with Gasteiger partial charge in [0, 0.05) is 5.56 Å². The topological polar surface area (TPSA) is 65.6 Å². The van der Waals surface area contributed by atoms with Crippen LogP contribution in [-0.4, -0.2) is 38.9 Å². The highest BCUT2D eigenvalue weighted by Crippen LogP contribution is 2.11. The van der Waals surface area contributed by atoms with Crippen molar-refractivity contribution in [2.75, 3.05) is 26.2 Å². The first kappa shape index (κ1) is 17.6. The number of nitrogens with zero attached hydrogens (tertiary/aromatic N) is 2. The maximum absolute atomic E-state index is 12.6. The fourth-order valence-corrected chi connectivity index (χ4v) is 4.72. The van der Waals surface area contributed by atoms with Crippen LogP contribution in [0.2, 0.25) is 0 Å². The predicted octanol–water partition coefficient (Wildman–Crippen LogP) is 0.789. The summed E-state index contributed by atoms with van der Waals surface area (Å²) < 4.78 is 26.8. The maximum Gasteiger partial charge on any atom is 0.218 e. The average Bonchev–Trinajstić information content (AvgIpc) is 2.63. The Balaban J connectivity index is 1.59. The number of piperazine rings is 1. The summed E-state index contributed by atoms with van der Waals surface area (Å²) in [5.41, 5.74) is 2.55. The summed E-state index contributed by atoms with van der Waals surface area (Å²) in [5, 5.41) is 9.19. The van der Waals surface area contributed by atoms with Crippen LogP contribution in [0.25, 0.3) is 0 Å². The van der Waals surface area contributed by atoms with E-state index in [2.05, 4.69) is 6.07 Å². The number of benzene rings is 2. The van der Waals surface area contributed by atoms with E-state index in [1.54, 1.807) is 4.31 Å². The summed E-state index contributed by atoms with van der Waals surface area (Å²) in [6.45, 7) is 3.33. The molecule has 0 bridgehead atoms. The van der Waals surface area contributed by atoms with Gasteiger partial charge in [-0.2, -0.15) is 9.57 Å². The van der Waals surface area contributed by atoms with Gasteiger partial charge in [-0.3, -0.25) is 0 Å². The highest BCUT2D eigenvalue weighted by atomic mass is 32.2. The van der Waals surface area contributed by atoms with E-state index < -0.39 is 10.0 Å². The summed E-state index contributed by atoms with van der Waals surface area (Å²) in [4.78, 5) is 1.31. The Kier molecular flexibility index (Phi) is 5.49. The Morgan fingerprint density at radius 2 is 1.64 bits per heavy atom. The molecule has 0 aliphatic carbocycles. The van der Waals surface area contributed by atoms with Crippen LogP contribution in [0, 0.1) is 11.3 Å². The van der Waals surface area contributed by atoms with Crippen molar-refractivity contribution in [2.45, 2.75) is 12.3 Å². The summed E-state index contributed by atoms with van der Waals surface area (Å²) in [5.74, 6) is 0.0560. The zero-order valence-corrected chi connectivity index (χ0v) is 14.9. The molecule has 1 N–H and O–H groups in total. The van der Waals surface area contributed by atoms with Crippen LogP contribution < -0.4 is 4.90 Å². The van der Waals surface area contributed by atoms with Crippen molar-refractivity contribution < 1.29 is 13.3 Å². The molecule has 1 aliphatic rings. The van der Waals surface area contributed by atoms with Crippen LogP contribution >= 0.6 is 0 Å². The molecule has 2 aromatic carbocycles. The zero-order valence-electron chi connectivity index (χ0n) is 14.1. The molecular weight excluding hydrogens is 334 g/mol. The van der Waals surface area contributed by atoms with Gasteiger partial charge >= 0.3 is 0 Å². The van der Waals surface area contributed by atoms with E-state index in [4.69, 9.17) is 0 Å². The van der Waals surface area contributed by atoms with Crippen LogP contribution in [-0.2, 0) is 22.3 Å². The van der Waals surface area contributed by atoms with E-state index in [1.807, 2.05) is 54.6 Å². The van der Waals surface area contributed by atoms with Crippen molar-refractivity contribution in [1.29, 1.82) is 5.26 Å². The Labute approximate surface area is 149 Å². The first-order valence-electron chi connectivity index (χ1n) is 8.42. The number of hydrogen-bond acceptors (Lipinski definition) is 3. The van der Waals surface area contributed by atoms with Crippen molar-refractivity contribution in [3.8, 4) is 6.07 Å². The Hall–Kier alpha value is -2.20. The number of nitrogens with one attached hydrogen (secondary N) is 1. The van der Waals surface area contributed by atoms with E-state index in [0.29, 0.717) is 18.7 Å². The summed E-state index contributed by atoms with van der Waals surface area (Å²) in [7, 11) is -3.28. The lowest BCUT2D eigenvalue weighted by Gasteiger charge is -2.31. The minimum atomic E-state index is -3.28. The summed E-state index contributed by atoms with van der Waals surface area (Å²) in [6.07, 6.45) is 0. The third kappa shape index (κ3) is 4.45. The molecule has 0 spiro atoms.